The quantitative estimate of drug-likeness (QED) is 0.370. The van der Waals surface area contributed by atoms with Crippen molar-refractivity contribution in [1.29, 1.82) is 0 Å². The second-order valence-corrected chi connectivity index (χ2v) is 10.1. The number of nitrogens with one attached hydrogen (secondary N) is 1. The maximum absolute atomic E-state index is 15.0. The number of carbonyl (C=O) groups is 1. The van der Waals surface area contributed by atoms with E-state index in [9.17, 15) is 18.0 Å². The fourth-order valence-electron chi connectivity index (χ4n) is 4.19. The van der Waals surface area contributed by atoms with Gasteiger partial charge in [0.15, 0.2) is 0 Å². The first-order valence-corrected chi connectivity index (χ1v) is 12.2. The van der Waals surface area contributed by atoms with Gasteiger partial charge in [-0.3, -0.25) is 14.9 Å². The van der Waals surface area contributed by atoms with Crippen molar-refractivity contribution in [2.75, 3.05) is 16.8 Å². The van der Waals surface area contributed by atoms with Crippen molar-refractivity contribution in [3.05, 3.63) is 60.1 Å². The molecule has 1 aliphatic heterocycles. The Hall–Kier alpha value is -3.87. The number of amides is 1. The van der Waals surface area contributed by atoms with E-state index in [0.717, 1.165) is 18.3 Å². The molecule has 13 heteroatoms. The minimum absolute atomic E-state index is 0.00325. The number of hydrogen-bond acceptors (Lipinski definition) is 8. The zero-order valence-electron chi connectivity index (χ0n) is 22.0. The van der Waals surface area contributed by atoms with E-state index in [1.165, 1.54) is 23.4 Å². The van der Waals surface area contributed by atoms with Crippen molar-refractivity contribution in [3.63, 3.8) is 0 Å². The van der Waals surface area contributed by atoms with Crippen LogP contribution in [0.25, 0.3) is 11.1 Å². The van der Waals surface area contributed by atoms with Crippen LogP contribution in [0.15, 0.2) is 42.9 Å². The maximum atomic E-state index is 15.0. The molecule has 0 aliphatic carbocycles. The second-order valence-electron chi connectivity index (χ2n) is 10.1. The molecule has 39 heavy (non-hydrogen) atoms. The third-order valence-corrected chi connectivity index (χ3v) is 5.88. The summed E-state index contributed by atoms with van der Waals surface area (Å²) in [5.41, 5.74) is -1.22. The Kier molecular flexibility index (Phi) is 7.73. The second kappa shape index (κ2) is 10.7. The Bertz CT molecular complexity index is 1350. The van der Waals surface area contributed by atoms with Crippen molar-refractivity contribution in [1.82, 2.24) is 19.9 Å². The Balaban J connectivity index is 1.52. The molecule has 4 rings (SSSR count). The molecule has 0 bridgehead atoms. The fraction of sp³-hybridized carbons (Fsp3) is 0.423. The summed E-state index contributed by atoms with van der Waals surface area (Å²) in [7, 11) is 0. The molecule has 3 atom stereocenters. The summed E-state index contributed by atoms with van der Waals surface area (Å²) in [5.74, 6) is -0.346. The Morgan fingerprint density at radius 1 is 1.08 bits per heavy atom. The molecule has 1 amide bonds. The minimum Gasteiger partial charge on any atom is -0.447 e. The van der Waals surface area contributed by atoms with Crippen LogP contribution in [0.1, 0.15) is 52.0 Å². The van der Waals surface area contributed by atoms with Gasteiger partial charge in [-0.15, -0.1) is 0 Å². The van der Waals surface area contributed by atoms with E-state index in [0.29, 0.717) is 0 Å². The highest BCUT2D eigenvalue weighted by Crippen LogP contribution is 2.32. The first-order chi connectivity index (χ1) is 18.2. The van der Waals surface area contributed by atoms with Gasteiger partial charge in [-0.1, -0.05) is 0 Å². The molecule has 208 valence electrons. The minimum atomic E-state index is -4.63. The highest BCUT2D eigenvalue weighted by atomic mass is 19.4. The number of nitrogens with zero attached hydrogens (tertiary/aromatic N) is 5. The van der Waals surface area contributed by atoms with Crippen LogP contribution in [0.4, 0.5) is 34.1 Å². The van der Waals surface area contributed by atoms with Gasteiger partial charge in [0.1, 0.15) is 30.0 Å². The van der Waals surface area contributed by atoms with E-state index in [2.05, 4.69) is 25.3 Å². The molecule has 0 unspecified atom stereocenters. The summed E-state index contributed by atoms with van der Waals surface area (Å²) >= 11 is 0. The Labute approximate surface area is 222 Å². The number of cyclic esters (lactones) is 1. The van der Waals surface area contributed by atoms with Crippen LogP contribution in [0.2, 0.25) is 0 Å². The molecular formula is C26H28F4N6O3. The van der Waals surface area contributed by atoms with Crippen LogP contribution in [0, 0.1) is 5.82 Å². The van der Waals surface area contributed by atoms with E-state index < -0.39 is 41.5 Å². The van der Waals surface area contributed by atoms with Crippen molar-refractivity contribution in [2.24, 2.45) is 0 Å². The van der Waals surface area contributed by atoms with Gasteiger partial charge in [-0.2, -0.15) is 18.2 Å². The molecule has 1 N–H and O–H groups in total. The van der Waals surface area contributed by atoms with Crippen LogP contribution >= 0.6 is 0 Å². The lowest BCUT2D eigenvalue weighted by molar-refractivity contribution is -0.141. The third-order valence-electron chi connectivity index (χ3n) is 5.88. The molecule has 9 nitrogen and oxygen atoms in total. The number of ether oxygens (including phenoxy) is 2. The number of hydrogen-bond donors (Lipinski definition) is 1. The molecule has 3 aromatic rings. The van der Waals surface area contributed by atoms with E-state index >= 15 is 4.39 Å². The van der Waals surface area contributed by atoms with Gasteiger partial charge in [0.2, 0.25) is 5.95 Å². The first-order valence-electron chi connectivity index (χ1n) is 12.2. The van der Waals surface area contributed by atoms with Crippen LogP contribution in [-0.2, 0) is 15.7 Å². The summed E-state index contributed by atoms with van der Waals surface area (Å²) in [6.07, 6.45) is -1.82. The van der Waals surface area contributed by atoms with Crippen LogP contribution < -0.4 is 10.2 Å². The summed E-state index contributed by atoms with van der Waals surface area (Å²) < 4.78 is 65.3. The predicted molar refractivity (Wildman–Crippen MR) is 134 cm³/mol. The van der Waals surface area contributed by atoms with E-state index in [1.54, 1.807) is 13.0 Å². The lowest BCUT2D eigenvalue weighted by Gasteiger charge is -2.31. The number of pyridine rings is 2. The number of aromatic nitrogens is 4. The lowest BCUT2D eigenvalue weighted by atomic mass is 10.1. The number of carbonyl (C=O) groups excluding carboxylic acids is 1. The van der Waals surface area contributed by atoms with Crippen LogP contribution in [0.5, 0.6) is 0 Å². The lowest BCUT2D eigenvalue weighted by Crippen LogP contribution is -2.45. The van der Waals surface area contributed by atoms with Gasteiger partial charge in [0, 0.05) is 24.2 Å². The van der Waals surface area contributed by atoms with Crippen LogP contribution in [-0.4, -0.2) is 50.4 Å². The molecule has 1 aliphatic rings. The monoisotopic (exact) mass is 548 g/mol. The topological polar surface area (TPSA) is 102 Å². The van der Waals surface area contributed by atoms with Crippen molar-refractivity contribution in [3.8, 4) is 11.1 Å². The van der Waals surface area contributed by atoms with Gasteiger partial charge < -0.3 is 14.8 Å². The van der Waals surface area contributed by atoms with E-state index in [1.807, 2.05) is 27.7 Å². The summed E-state index contributed by atoms with van der Waals surface area (Å²) in [6.45, 7) is 9.34. The number of rotatable bonds is 7. The van der Waals surface area contributed by atoms with Crippen LogP contribution in [0.3, 0.4) is 0 Å². The van der Waals surface area contributed by atoms with Gasteiger partial charge in [-0.05, 0) is 64.4 Å². The molecule has 3 aromatic heterocycles. The molecular weight excluding hydrogens is 520 g/mol. The first kappa shape index (κ1) is 28.1. The number of anilines is 2. The third kappa shape index (κ3) is 6.59. The molecule has 1 saturated heterocycles. The SMILES string of the molecule is C[C@H](Nc1nccc(N2C(=O)OC[C@@H]2[C@@H](C)OC(C)(C)C)n1)c1ncc(-c2ccnc(C(F)(F)F)c2)cc1F. The summed E-state index contributed by atoms with van der Waals surface area (Å²) in [6, 6.07) is 3.69. The normalized spacial score (nSPS) is 17.6. The number of alkyl halides is 3. The predicted octanol–water partition coefficient (Wildman–Crippen LogP) is 5.79. The van der Waals surface area contributed by atoms with Gasteiger partial charge in [0.05, 0.1) is 23.4 Å². The standard InChI is InChI=1S/C26H28F4N6O3/c1-14(22-18(27)10-17(12-33-22)16-6-8-31-20(11-16)26(28,29)30)34-23-32-9-7-21(35-23)36-19(13-38-24(36)37)15(2)39-25(3,4)5/h6-12,14-15,19H,13H2,1-5H3,(H,32,34,35)/t14-,15+,19+/m0/s1. The van der Waals surface area contributed by atoms with Crippen molar-refractivity contribution < 1.29 is 31.8 Å². The van der Waals surface area contributed by atoms with Crippen molar-refractivity contribution in [2.45, 2.75) is 64.6 Å². The van der Waals surface area contributed by atoms with Gasteiger partial charge in [-0.25, -0.2) is 14.2 Å². The molecule has 1 fully saturated rings. The molecule has 0 radical (unpaired) electrons. The maximum Gasteiger partial charge on any atom is 0.433 e. The fourth-order valence-corrected chi connectivity index (χ4v) is 4.19. The van der Waals surface area contributed by atoms with Gasteiger partial charge in [0.25, 0.3) is 0 Å². The highest BCUT2D eigenvalue weighted by molar-refractivity contribution is 5.89. The van der Waals surface area contributed by atoms with Gasteiger partial charge >= 0.3 is 12.3 Å². The smallest absolute Gasteiger partial charge is 0.433 e. The zero-order chi connectivity index (χ0) is 28.5. The molecule has 0 spiro atoms. The average Bonchev–Trinajstić information content (AvgIpc) is 3.24. The average molecular weight is 549 g/mol. The number of halogens is 4. The zero-order valence-corrected chi connectivity index (χ0v) is 22.0. The van der Waals surface area contributed by atoms with E-state index in [4.69, 9.17) is 9.47 Å². The van der Waals surface area contributed by atoms with E-state index in [-0.39, 0.29) is 41.3 Å². The Morgan fingerprint density at radius 3 is 2.46 bits per heavy atom. The summed E-state index contributed by atoms with van der Waals surface area (Å²) in [4.78, 5) is 29.9. The Morgan fingerprint density at radius 2 is 1.79 bits per heavy atom. The van der Waals surface area contributed by atoms with Crippen molar-refractivity contribution >= 4 is 17.9 Å². The molecule has 0 saturated carbocycles. The molecule has 0 aromatic carbocycles. The molecule has 4 heterocycles. The summed E-state index contributed by atoms with van der Waals surface area (Å²) in [5, 5.41) is 2.95. The largest absolute Gasteiger partial charge is 0.447 e. The highest BCUT2D eigenvalue weighted by Gasteiger charge is 2.40.